The van der Waals surface area contributed by atoms with Gasteiger partial charge in [-0.3, -0.25) is 4.79 Å². The Morgan fingerprint density at radius 3 is 2.53 bits per heavy atom. The molecule has 156 valence electrons. The number of epoxide rings is 1. The normalized spacial score (nSPS) is 22.8. The van der Waals surface area contributed by atoms with Crippen LogP contribution in [0.25, 0.3) is 0 Å². The molecule has 4 rings (SSSR count). The van der Waals surface area contributed by atoms with E-state index < -0.39 is 41.4 Å². The maximum atomic E-state index is 15.2. The Morgan fingerprint density at radius 2 is 1.93 bits per heavy atom. The molecule has 1 saturated heterocycles. The first-order valence-electron chi connectivity index (χ1n) is 9.16. The zero-order valence-corrected chi connectivity index (χ0v) is 15.6. The van der Waals surface area contributed by atoms with E-state index in [9.17, 15) is 13.6 Å². The van der Waals surface area contributed by atoms with Gasteiger partial charge in [-0.1, -0.05) is 36.4 Å². The molecule has 1 N–H and O–H groups in total. The lowest BCUT2D eigenvalue weighted by atomic mass is 9.87. The summed E-state index contributed by atoms with van der Waals surface area (Å²) in [6, 6.07) is 9.44. The van der Waals surface area contributed by atoms with Crippen molar-refractivity contribution in [1.29, 1.82) is 0 Å². The molecule has 0 aromatic heterocycles. The van der Waals surface area contributed by atoms with E-state index in [0.717, 1.165) is 18.2 Å². The molecule has 0 bridgehead atoms. The van der Waals surface area contributed by atoms with Crippen LogP contribution in [0, 0.1) is 11.6 Å². The van der Waals surface area contributed by atoms with Gasteiger partial charge in [0, 0.05) is 23.4 Å². The zero-order chi connectivity index (χ0) is 21.4. The summed E-state index contributed by atoms with van der Waals surface area (Å²) in [5.74, 6) is -5.55. The number of hydrogen-bond acceptors (Lipinski definition) is 4. The average molecular weight is 419 g/mol. The maximum absolute atomic E-state index is 15.2. The highest BCUT2D eigenvalue weighted by Crippen LogP contribution is 2.53. The molecule has 0 radical (unpaired) electrons. The second kappa shape index (κ2) is 7.60. The van der Waals surface area contributed by atoms with Crippen LogP contribution in [0.1, 0.15) is 15.9 Å². The molecule has 2 aliphatic heterocycles. The number of dihydropyridines is 1. The van der Waals surface area contributed by atoms with Gasteiger partial charge in [0.1, 0.15) is 23.4 Å². The molecule has 0 amide bonds. The van der Waals surface area contributed by atoms with Crippen molar-refractivity contribution in [3.8, 4) is 0 Å². The molecule has 4 nitrogen and oxygen atoms in total. The molecule has 0 spiro atoms. The molecule has 2 aromatic rings. The third-order valence-electron chi connectivity index (χ3n) is 5.05. The predicted octanol–water partition coefficient (Wildman–Crippen LogP) is 4.09. The molecule has 0 aliphatic carbocycles. The number of benzene rings is 2. The number of hydrogen-bond donors (Lipinski definition) is 1. The van der Waals surface area contributed by atoms with Crippen LogP contribution in [-0.2, 0) is 15.1 Å². The van der Waals surface area contributed by atoms with E-state index in [1.54, 1.807) is 30.3 Å². The van der Waals surface area contributed by atoms with Crippen molar-refractivity contribution in [2.45, 2.75) is 17.6 Å². The number of halogens is 4. The summed E-state index contributed by atoms with van der Waals surface area (Å²) < 4.78 is 67.9. The minimum absolute atomic E-state index is 0.199. The minimum Gasteiger partial charge on any atom is -0.484 e. The first-order valence-corrected chi connectivity index (χ1v) is 9.16. The van der Waals surface area contributed by atoms with E-state index in [4.69, 9.17) is 9.47 Å². The second-order valence-electron chi connectivity index (χ2n) is 6.99. The Labute approximate surface area is 169 Å². The van der Waals surface area contributed by atoms with Crippen LogP contribution in [-0.4, -0.2) is 31.0 Å². The number of rotatable bonds is 7. The van der Waals surface area contributed by atoms with Crippen LogP contribution in [0.15, 0.2) is 72.6 Å². The maximum Gasteiger partial charge on any atom is 0.306 e. The molecule has 0 saturated carbocycles. The molecule has 2 unspecified atom stereocenters. The quantitative estimate of drug-likeness (QED) is 0.417. The van der Waals surface area contributed by atoms with Gasteiger partial charge in [0.25, 0.3) is 0 Å². The van der Waals surface area contributed by atoms with Crippen molar-refractivity contribution >= 4 is 5.78 Å². The van der Waals surface area contributed by atoms with Gasteiger partial charge in [-0.05, 0) is 18.2 Å². The lowest BCUT2D eigenvalue weighted by molar-refractivity contribution is -0.0944. The Bertz CT molecular complexity index is 1020. The summed E-state index contributed by atoms with van der Waals surface area (Å²) in [5, 5.41) is 2.51. The molecule has 30 heavy (non-hydrogen) atoms. The summed E-state index contributed by atoms with van der Waals surface area (Å²) in [4.78, 5) is 12.1. The Kier molecular flexibility index (Phi) is 5.11. The van der Waals surface area contributed by atoms with Gasteiger partial charge in [0.15, 0.2) is 18.0 Å². The summed E-state index contributed by atoms with van der Waals surface area (Å²) >= 11 is 0. The van der Waals surface area contributed by atoms with Crippen LogP contribution < -0.4 is 5.32 Å². The van der Waals surface area contributed by atoms with Crippen molar-refractivity contribution in [1.82, 2.24) is 5.32 Å². The third-order valence-corrected chi connectivity index (χ3v) is 5.05. The zero-order valence-electron chi connectivity index (χ0n) is 15.6. The molecule has 2 aliphatic rings. The average Bonchev–Trinajstić information content (AvgIpc) is 3.55. The lowest BCUT2D eigenvalue weighted by Crippen LogP contribution is -2.51. The lowest BCUT2D eigenvalue weighted by Gasteiger charge is -2.32. The summed E-state index contributed by atoms with van der Waals surface area (Å²) in [6.45, 7) is -0.649. The fourth-order valence-corrected chi connectivity index (χ4v) is 3.31. The monoisotopic (exact) mass is 419 g/mol. The number of allylic oxidation sites excluding steroid dienone is 1. The topological polar surface area (TPSA) is 50.9 Å². The van der Waals surface area contributed by atoms with Crippen LogP contribution in [0.5, 0.6) is 0 Å². The highest BCUT2D eigenvalue weighted by Gasteiger charge is 2.69. The van der Waals surface area contributed by atoms with E-state index in [2.05, 4.69) is 5.32 Å². The highest BCUT2D eigenvalue weighted by atomic mass is 19.3. The molecule has 2 aromatic carbocycles. The fourth-order valence-electron chi connectivity index (χ4n) is 3.31. The Morgan fingerprint density at radius 1 is 1.20 bits per heavy atom. The number of nitrogens with one attached hydrogen (secondary N) is 1. The SMILES string of the molecule is O=C(COC1=CNC(C(F)(F)C2(c3ccc(F)cc3F)CO2)C=C1)c1ccccc1. The summed E-state index contributed by atoms with van der Waals surface area (Å²) in [7, 11) is 0. The van der Waals surface area contributed by atoms with Crippen LogP contribution in [0.3, 0.4) is 0 Å². The number of alkyl halides is 2. The smallest absolute Gasteiger partial charge is 0.306 e. The first-order chi connectivity index (χ1) is 14.3. The molecular formula is C22H17F4NO3. The van der Waals surface area contributed by atoms with Crippen molar-refractivity contribution in [3.63, 3.8) is 0 Å². The second-order valence-corrected chi connectivity index (χ2v) is 6.99. The number of ether oxygens (including phenoxy) is 2. The van der Waals surface area contributed by atoms with Crippen molar-refractivity contribution in [2.24, 2.45) is 0 Å². The van der Waals surface area contributed by atoms with Crippen molar-refractivity contribution in [2.75, 3.05) is 13.2 Å². The number of Topliss-reactive ketones (excluding diaryl/α,β-unsaturated/α-hetero) is 1. The summed E-state index contributed by atoms with van der Waals surface area (Å²) in [5.41, 5.74) is -2.10. The van der Waals surface area contributed by atoms with Crippen LogP contribution >= 0.6 is 0 Å². The Hall–Kier alpha value is -3.13. The van der Waals surface area contributed by atoms with E-state index in [0.29, 0.717) is 11.6 Å². The molecule has 8 heteroatoms. The molecule has 2 heterocycles. The number of ketones is 1. The van der Waals surface area contributed by atoms with E-state index in [1.807, 2.05) is 0 Å². The van der Waals surface area contributed by atoms with Gasteiger partial charge in [0.05, 0.1) is 6.61 Å². The molecular weight excluding hydrogens is 402 g/mol. The van der Waals surface area contributed by atoms with Gasteiger partial charge in [-0.25, -0.2) is 17.6 Å². The fraction of sp³-hybridized carbons (Fsp3) is 0.227. The van der Waals surface area contributed by atoms with Gasteiger partial charge in [-0.15, -0.1) is 0 Å². The standard InChI is InChI=1S/C22H17F4NO3/c23-15-6-8-17(18(24)10-15)21(13-30-21)22(25,26)20-9-7-16(11-27-20)29-12-19(28)14-4-2-1-3-5-14/h1-11,20,27H,12-13H2. The Balaban J connectivity index is 1.42. The minimum atomic E-state index is -3.54. The number of carbonyl (C=O) groups excluding carboxylic acids is 1. The van der Waals surface area contributed by atoms with Gasteiger partial charge < -0.3 is 14.8 Å². The van der Waals surface area contributed by atoms with E-state index in [1.165, 1.54) is 12.3 Å². The van der Waals surface area contributed by atoms with E-state index in [-0.39, 0.29) is 18.1 Å². The van der Waals surface area contributed by atoms with Crippen molar-refractivity contribution in [3.05, 3.63) is 95.4 Å². The number of carbonyl (C=O) groups is 1. The predicted molar refractivity (Wildman–Crippen MR) is 99.8 cm³/mol. The molecule has 1 fully saturated rings. The van der Waals surface area contributed by atoms with Gasteiger partial charge in [0.2, 0.25) is 0 Å². The molecule has 2 atom stereocenters. The highest BCUT2D eigenvalue weighted by molar-refractivity contribution is 5.97. The van der Waals surface area contributed by atoms with Crippen molar-refractivity contribution < 1.29 is 31.8 Å². The van der Waals surface area contributed by atoms with Gasteiger partial charge in [-0.2, -0.15) is 0 Å². The largest absolute Gasteiger partial charge is 0.484 e. The summed E-state index contributed by atoms with van der Waals surface area (Å²) in [6.07, 6.45) is 3.69. The van der Waals surface area contributed by atoms with Crippen LogP contribution in [0.2, 0.25) is 0 Å². The van der Waals surface area contributed by atoms with Crippen LogP contribution in [0.4, 0.5) is 17.6 Å². The third kappa shape index (κ3) is 3.59. The first kappa shape index (κ1) is 20.2. The van der Waals surface area contributed by atoms with Gasteiger partial charge >= 0.3 is 5.92 Å². The van der Waals surface area contributed by atoms with E-state index >= 15 is 8.78 Å².